The van der Waals surface area contributed by atoms with Gasteiger partial charge in [-0.25, -0.2) is 4.79 Å². The number of nitrogens with zero attached hydrogens (tertiary/aromatic N) is 3. The second-order valence-corrected chi connectivity index (χ2v) is 8.61. The molecule has 1 aliphatic rings. The zero-order valence-electron chi connectivity index (χ0n) is 14.8. The minimum atomic E-state index is -0.777. The molecule has 0 spiro atoms. The lowest BCUT2D eigenvalue weighted by molar-refractivity contribution is -0.144. The summed E-state index contributed by atoms with van der Waals surface area (Å²) in [5.41, 5.74) is 1.10. The quantitative estimate of drug-likeness (QED) is 0.780. The molecule has 0 saturated heterocycles. The zero-order chi connectivity index (χ0) is 17.6. The summed E-state index contributed by atoms with van der Waals surface area (Å²) in [4.78, 5) is 26.5. The maximum absolute atomic E-state index is 12.9. The third kappa shape index (κ3) is 2.75. The van der Waals surface area contributed by atoms with Crippen LogP contribution in [0.1, 0.15) is 50.6 Å². The molecule has 0 radical (unpaired) electrons. The van der Waals surface area contributed by atoms with Gasteiger partial charge in [0, 0.05) is 4.88 Å². The molecular formula is C17H23N3O3S. The van der Waals surface area contributed by atoms with Gasteiger partial charge in [-0.2, -0.15) is 4.68 Å². The molecule has 2 aromatic heterocycles. The maximum Gasteiger partial charge on any atom is 0.330 e. The Bertz CT molecular complexity index is 847. The fourth-order valence-electron chi connectivity index (χ4n) is 3.37. The van der Waals surface area contributed by atoms with E-state index in [1.54, 1.807) is 18.3 Å². The van der Waals surface area contributed by atoms with Crippen molar-refractivity contribution in [3.63, 3.8) is 0 Å². The lowest BCUT2D eigenvalue weighted by atomic mass is 9.72. The average molecular weight is 349 g/mol. The smallest absolute Gasteiger partial charge is 0.330 e. The van der Waals surface area contributed by atoms with Gasteiger partial charge in [-0.1, -0.05) is 26.0 Å². The van der Waals surface area contributed by atoms with Gasteiger partial charge in [0.05, 0.1) is 12.5 Å². The van der Waals surface area contributed by atoms with Crippen molar-refractivity contribution in [3.05, 3.63) is 20.8 Å². The topological polar surface area (TPSA) is 74.1 Å². The molecule has 0 fully saturated rings. The van der Waals surface area contributed by atoms with Crippen LogP contribution in [0.4, 0.5) is 0 Å². The molecule has 2 aromatic rings. The number of hydrogen-bond donors (Lipinski definition) is 0. The highest BCUT2D eigenvalue weighted by Crippen LogP contribution is 2.41. The SMILES string of the molecule is COC(=O)[C@H](C)n1nnc2sc3c(c2c1=O)CC[C@@H](C(C)(C)C)C3. The summed E-state index contributed by atoms with van der Waals surface area (Å²) < 4.78 is 5.85. The van der Waals surface area contributed by atoms with E-state index in [2.05, 4.69) is 31.1 Å². The first-order chi connectivity index (χ1) is 11.2. The van der Waals surface area contributed by atoms with Crippen LogP contribution in [-0.4, -0.2) is 28.1 Å². The summed E-state index contributed by atoms with van der Waals surface area (Å²) in [6, 6.07) is -0.777. The molecule has 0 amide bonds. The van der Waals surface area contributed by atoms with Crippen LogP contribution in [0.2, 0.25) is 0 Å². The summed E-state index contributed by atoms with van der Waals surface area (Å²) in [6.07, 6.45) is 2.92. The van der Waals surface area contributed by atoms with Crippen molar-refractivity contribution >= 4 is 27.5 Å². The number of fused-ring (bicyclic) bond motifs is 3. The van der Waals surface area contributed by atoms with Crippen LogP contribution in [-0.2, 0) is 22.4 Å². The standard InChI is InChI=1S/C17H23N3O3S/c1-9(16(22)23-5)20-15(21)13-11-7-6-10(17(2,3)4)8-12(11)24-14(13)18-19-20/h9-10H,6-8H2,1-5H3/t9-,10+/m0/s1. The monoisotopic (exact) mass is 349 g/mol. The molecule has 7 heteroatoms. The molecule has 130 valence electrons. The molecule has 0 N–H and O–H groups in total. The van der Waals surface area contributed by atoms with Gasteiger partial charge < -0.3 is 4.74 Å². The van der Waals surface area contributed by atoms with Crippen molar-refractivity contribution in [1.82, 2.24) is 15.0 Å². The first kappa shape index (κ1) is 17.1. The zero-order valence-corrected chi connectivity index (χ0v) is 15.6. The number of ether oxygens (including phenoxy) is 1. The van der Waals surface area contributed by atoms with E-state index >= 15 is 0 Å². The fraction of sp³-hybridized carbons (Fsp3) is 0.647. The molecule has 6 nitrogen and oxygen atoms in total. The van der Waals surface area contributed by atoms with Crippen molar-refractivity contribution in [2.75, 3.05) is 7.11 Å². The summed E-state index contributed by atoms with van der Waals surface area (Å²) in [6.45, 7) is 8.39. The average Bonchev–Trinajstić information content (AvgIpc) is 2.91. The second kappa shape index (κ2) is 5.95. The Morgan fingerprint density at radius 3 is 2.75 bits per heavy atom. The van der Waals surface area contributed by atoms with Crippen molar-refractivity contribution < 1.29 is 9.53 Å². The van der Waals surface area contributed by atoms with Gasteiger partial charge in [0.1, 0.15) is 0 Å². The van der Waals surface area contributed by atoms with Gasteiger partial charge in [0.25, 0.3) is 5.56 Å². The molecule has 3 rings (SSSR count). The molecule has 0 saturated carbocycles. The lowest BCUT2D eigenvalue weighted by Gasteiger charge is -2.33. The van der Waals surface area contributed by atoms with Crippen LogP contribution in [0.3, 0.4) is 0 Å². The summed E-state index contributed by atoms with van der Waals surface area (Å²) in [5.74, 6) is 0.102. The van der Waals surface area contributed by atoms with Crippen molar-refractivity contribution in [2.24, 2.45) is 11.3 Å². The summed E-state index contributed by atoms with van der Waals surface area (Å²) >= 11 is 1.57. The number of carbonyl (C=O) groups is 1. The van der Waals surface area contributed by atoms with E-state index in [1.807, 2.05) is 0 Å². The third-order valence-electron chi connectivity index (χ3n) is 5.03. The van der Waals surface area contributed by atoms with E-state index in [1.165, 1.54) is 12.0 Å². The van der Waals surface area contributed by atoms with Gasteiger partial charge in [0.15, 0.2) is 10.9 Å². The number of aromatic nitrogens is 3. The van der Waals surface area contributed by atoms with Crippen LogP contribution >= 0.6 is 11.3 Å². The largest absolute Gasteiger partial charge is 0.467 e. The summed E-state index contributed by atoms with van der Waals surface area (Å²) in [7, 11) is 1.30. The Labute approximate surface area is 144 Å². The van der Waals surface area contributed by atoms with Crippen LogP contribution in [0.5, 0.6) is 0 Å². The van der Waals surface area contributed by atoms with Crippen molar-refractivity contribution in [3.8, 4) is 0 Å². The fourth-order valence-corrected chi connectivity index (χ4v) is 4.60. The molecule has 0 bridgehead atoms. The number of methoxy groups -OCH3 is 1. The van der Waals surface area contributed by atoms with Crippen LogP contribution in [0.15, 0.2) is 4.79 Å². The highest BCUT2D eigenvalue weighted by molar-refractivity contribution is 7.18. The highest BCUT2D eigenvalue weighted by atomic mass is 32.1. The molecular weight excluding hydrogens is 326 g/mol. The van der Waals surface area contributed by atoms with E-state index in [4.69, 9.17) is 4.74 Å². The predicted molar refractivity (Wildman–Crippen MR) is 93.4 cm³/mol. The van der Waals surface area contributed by atoms with E-state index in [0.717, 1.165) is 29.5 Å². The van der Waals surface area contributed by atoms with Gasteiger partial charge in [-0.05, 0) is 43.1 Å². The van der Waals surface area contributed by atoms with Gasteiger partial charge in [-0.15, -0.1) is 16.4 Å². The minimum Gasteiger partial charge on any atom is -0.467 e. The number of thiophene rings is 1. The summed E-state index contributed by atoms with van der Waals surface area (Å²) in [5, 5.41) is 8.78. The van der Waals surface area contributed by atoms with Gasteiger partial charge in [0.2, 0.25) is 0 Å². The minimum absolute atomic E-state index is 0.246. The van der Waals surface area contributed by atoms with Crippen molar-refractivity contribution in [1.29, 1.82) is 0 Å². The first-order valence-electron chi connectivity index (χ1n) is 8.21. The molecule has 2 atom stereocenters. The van der Waals surface area contributed by atoms with Gasteiger partial charge >= 0.3 is 5.97 Å². The van der Waals surface area contributed by atoms with E-state index < -0.39 is 12.0 Å². The number of esters is 1. The number of aryl methyl sites for hydroxylation is 1. The second-order valence-electron chi connectivity index (χ2n) is 7.53. The lowest BCUT2D eigenvalue weighted by Crippen LogP contribution is -2.32. The van der Waals surface area contributed by atoms with E-state index in [-0.39, 0.29) is 11.0 Å². The molecule has 0 unspecified atom stereocenters. The van der Waals surface area contributed by atoms with E-state index in [9.17, 15) is 9.59 Å². The first-order valence-corrected chi connectivity index (χ1v) is 9.03. The number of rotatable bonds is 2. The molecule has 0 aromatic carbocycles. The Balaban J connectivity index is 2.08. The Morgan fingerprint density at radius 1 is 1.42 bits per heavy atom. The van der Waals surface area contributed by atoms with Crippen LogP contribution < -0.4 is 5.56 Å². The predicted octanol–water partition coefficient (Wildman–Crippen LogP) is 2.74. The molecule has 0 aliphatic heterocycles. The Morgan fingerprint density at radius 2 is 2.12 bits per heavy atom. The molecule has 24 heavy (non-hydrogen) atoms. The highest BCUT2D eigenvalue weighted by Gasteiger charge is 2.32. The van der Waals surface area contributed by atoms with Gasteiger partial charge in [-0.3, -0.25) is 4.79 Å². The number of carbonyl (C=O) groups excluding carboxylic acids is 1. The maximum atomic E-state index is 12.9. The normalized spacial score (nSPS) is 19.1. The molecule has 2 heterocycles. The Kier molecular flexibility index (Phi) is 4.23. The third-order valence-corrected chi connectivity index (χ3v) is 6.17. The van der Waals surface area contributed by atoms with Crippen LogP contribution in [0, 0.1) is 11.3 Å². The number of hydrogen-bond acceptors (Lipinski definition) is 6. The van der Waals surface area contributed by atoms with E-state index in [0.29, 0.717) is 16.1 Å². The van der Waals surface area contributed by atoms with Crippen LogP contribution in [0.25, 0.3) is 10.2 Å². The molecule has 1 aliphatic carbocycles. The van der Waals surface area contributed by atoms with Crippen molar-refractivity contribution in [2.45, 2.75) is 53.0 Å². The Hall–Kier alpha value is -1.76.